The van der Waals surface area contributed by atoms with Crippen molar-refractivity contribution in [3.8, 4) is 0 Å². The van der Waals surface area contributed by atoms with Crippen molar-refractivity contribution in [3.63, 3.8) is 0 Å². The van der Waals surface area contributed by atoms with Gasteiger partial charge in [0.2, 0.25) is 0 Å². The molecule has 0 radical (unpaired) electrons. The first-order valence-corrected chi connectivity index (χ1v) is 6.27. The number of hydrogen-bond acceptors (Lipinski definition) is 5. The average molecular weight is 252 g/mol. The first-order chi connectivity index (χ1) is 9.40. The van der Waals surface area contributed by atoms with Crippen LogP contribution in [0.2, 0.25) is 0 Å². The second-order valence-electron chi connectivity index (χ2n) is 4.75. The fraction of sp³-hybridized carbons (Fsp3) is 0.214. The molecule has 4 rings (SSSR count). The topological polar surface area (TPSA) is 63.8 Å². The van der Waals surface area contributed by atoms with Crippen LogP contribution in [-0.4, -0.2) is 21.0 Å². The van der Waals surface area contributed by atoms with Gasteiger partial charge in [0.05, 0.1) is 0 Å². The third-order valence-corrected chi connectivity index (χ3v) is 3.53. The minimum atomic E-state index is 0.354. The van der Waals surface area contributed by atoms with Gasteiger partial charge in [-0.25, -0.2) is 9.97 Å². The number of nitrogens with one attached hydrogen (secondary N) is 1. The smallest absolute Gasteiger partial charge is 0.251 e. The predicted octanol–water partition coefficient (Wildman–Crippen LogP) is 2.20. The van der Waals surface area contributed by atoms with E-state index in [0.717, 1.165) is 18.7 Å². The lowest BCUT2D eigenvalue weighted by molar-refractivity contribution is 0.590. The van der Waals surface area contributed by atoms with E-state index in [-0.39, 0.29) is 0 Å². The molecule has 1 N–H and O–H groups in total. The van der Waals surface area contributed by atoms with E-state index in [1.54, 1.807) is 0 Å². The number of nitrogens with zero attached hydrogens (tertiary/aromatic N) is 3. The first-order valence-electron chi connectivity index (χ1n) is 6.27. The Balaban J connectivity index is 1.62. The van der Waals surface area contributed by atoms with Crippen molar-refractivity contribution in [1.29, 1.82) is 0 Å². The molecule has 0 saturated heterocycles. The van der Waals surface area contributed by atoms with Gasteiger partial charge in [0.1, 0.15) is 6.33 Å². The van der Waals surface area contributed by atoms with Gasteiger partial charge in [-0.3, -0.25) is 0 Å². The van der Waals surface area contributed by atoms with Crippen molar-refractivity contribution in [1.82, 2.24) is 15.0 Å². The van der Waals surface area contributed by atoms with Crippen molar-refractivity contribution in [2.75, 3.05) is 5.32 Å². The standard InChI is InChI=1S/C14H12N4O/c1-2-4-10-6-11(5-9(10)3-1)18-13-12-14(16-7-15-13)19-8-17-12/h1-4,7-8,11H,5-6H2,(H,15,16,18). The monoisotopic (exact) mass is 252 g/mol. The molecule has 2 heterocycles. The van der Waals surface area contributed by atoms with E-state index in [1.807, 2.05) is 0 Å². The van der Waals surface area contributed by atoms with Crippen LogP contribution in [0.5, 0.6) is 0 Å². The SMILES string of the molecule is c1ccc2c(c1)CC(Nc1ncnc3ocnc13)C2. The van der Waals surface area contributed by atoms with Crippen LogP contribution < -0.4 is 5.32 Å². The quantitative estimate of drug-likeness (QED) is 0.757. The highest BCUT2D eigenvalue weighted by Crippen LogP contribution is 2.25. The molecule has 19 heavy (non-hydrogen) atoms. The van der Waals surface area contributed by atoms with Crippen LogP contribution >= 0.6 is 0 Å². The van der Waals surface area contributed by atoms with Crippen molar-refractivity contribution < 1.29 is 4.42 Å². The summed E-state index contributed by atoms with van der Waals surface area (Å²) in [6.45, 7) is 0. The van der Waals surface area contributed by atoms with Crippen LogP contribution in [-0.2, 0) is 12.8 Å². The Morgan fingerprint density at radius 1 is 1.05 bits per heavy atom. The van der Waals surface area contributed by atoms with E-state index in [9.17, 15) is 0 Å². The zero-order chi connectivity index (χ0) is 12.7. The van der Waals surface area contributed by atoms with Crippen LogP contribution in [0.25, 0.3) is 11.2 Å². The molecule has 1 aromatic carbocycles. The minimum absolute atomic E-state index is 0.354. The van der Waals surface area contributed by atoms with E-state index >= 15 is 0 Å². The maximum absolute atomic E-state index is 5.18. The molecule has 1 aliphatic carbocycles. The van der Waals surface area contributed by atoms with Gasteiger partial charge in [0, 0.05) is 6.04 Å². The summed E-state index contributed by atoms with van der Waals surface area (Å²) in [6, 6.07) is 8.89. The molecule has 94 valence electrons. The largest absolute Gasteiger partial charge is 0.425 e. The van der Waals surface area contributed by atoms with Gasteiger partial charge < -0.3 is 9.73 Å². The lowest BCUT2D eigenvalue weighted by Gasteiger charge is -2.12. The van der Waals surface area contributed by atoms with E-state index in [1.165, 1.54) is 23.8 Å². The van der Waals surface area contributed by atoms with E-state index in [4.69, 9.17) is 4.42 Å². The molecule has 5 heteroatoms. The highest BCUT2D eigenvalue weighted by Gasteiger charge is 2.22. The molecule has 5 nitrogen and oxygen atoms in total. The molecule has 0 bridgehead atoms. The number of fused-ring (bicyclic) bond motifs is 2. The van der Waals surface area contributed by atoms with Crippen molar-refractivity contribution in [2.45, 2.75) is 18.9 Å². The summed E-state index contributed by atoms with van der Waals surface area (Å²) in [4.78, 5) is 12.5. The molecule has 3 aromatic rings. The molecule has 0 fully saturated rings. The van der Waals surface area contributed by atoms with Crippen LogP contribution in [0.1, 0.15) is 11.1 Å². The Hall–Kier alpha value is -2.43. The first kappa shape index (κ1) is 10.5. The molecule has 0 saturated carbocycles. The zero-order valence-electron chi connectivity index (χ0n) is 10.2. The van der Waals surface area contributed by atoms with Gasteiger partial charge in [-0.1, -0.05) is 24.3 Å². The van der Waals surface area contributed by atoms with Gasteiger partial charge in [0.15, 0.2) is 17.7 Å². The van der Waals surface area contributed by atoms with E-state index in [2.05, 4.69) is 44.5 Å². The molecule has 0 atom stereocenters. The Labute approximate surface area is 109 Å². The summed E-state index contributed by atoms with van der Waals surface area (Å²) in [7, 11) is 0. The molecule has 0 amide bonds. The summed E-state index contributed by atoms with van der Waals surface area (Å²) < 4.78 is 5.18. The third kappa shape index (κ3) is 1.74. The minimum Gasteiger partial charge on any atom is -0.425 e. The van der Waals surface area contributed by atoms with Crippen molar-refractivity contribution in [3.05, 3.63) is 48.1 Å². The van der Waals surface area contributed by atoms with Crippen molar-refractivity contribution in [2.24, 2.45) is 0 Å². The van der Waals surface area contributed by atoms with Crippen molar-refractivity contribution >= 4 is 17.0 Å². The third-order valence-electron chi connectivity index (χ3n) is 3.53. The van der Waals surface area contributed by atoms with Crippen LogP contribution in [0.3, 0.4) is 0 Å². The molecule has 0 unspecified atom stereocenters. The fourth-order valence-electron chi connectivity index (χ4n) is 2.65. The lowest BCUT2D eigenvalue weighted by atomic mass is 10.1. The molecule has 1 aliphatic rings. The number of anilines is 1. The Morgan fingerprint density at radius 3 is 2.63 bits per heavy atom. The summed E-state index contributed by atoms with van der Waals surface area (Å²) >= 11 is 0. The van der Waals surface area contributed by atoms with Gasteiger partial charge in [-0.2, -0.15) is 4.98 Å². The van der Waals surface area contributed by atoms with Crippen LogP contribution in [0, 0.1) is 0 Å². The number of aromatic nitrogens is 3. The maximum atomic E-state index is 5.18. The fourth-order valence-corrected chi connectivity index (χ4v) is 2.65. The highest BCUT2D eigenvalue weighted by atomic mass is 16.3. The number of benzene rings is 1. The van der Waals surface area contributed by atoms with E-state index in [0.29, 0.717) is 17.3 Å². The Kier molecular flexibility index (Phi) is 2.24. The lowest BCUT2D eigenvalue weighted by Crippen LogP contribution is -2.20. The number of oxazole rings is 1. The van der Waals surface area contributed by atoms with Gasteiger partial charge in [-0.15, -0.1) is 0 Å². The van der Waals surface area contributed by atoms with Crippen LogP contribution in [0.4, 0.5) is 5.82 Å². The highest BCUT2D eigenvalue weighted by molar-refractivity contribution is 5.80. The maximum Gasteiger partial charge on any atom is 0.251 e. The Bertz CT molecular complexity index is 712. The second kappa shape index (κ2) is 4.05. The number of hydrogen-bond donors (Lipinski definition) is 1. The summed E-state index contributed by atoms with van der Waals surface area (Å²) in [5.41, 5.74) is 4.03. The molecule has 2 aromatic heterocycles. The van der Waals surface area contributed by atoms with Gasteiger partial charge in [0.25, 0.3) is 5.71 Å². The molecule has 0 aliphatic heterocycles. The summed E-state index contributed by atoms with van der Waals surface area (Å²) in [5, 5.41) is 3.44. The zero-order valence-corrected chi connectivity index (χ0v) is 10.2. The summed E-state index contributed by atoms with van der Waals surface area (Å²) in [6.07, 6.45) is 4.92. The molecular formula is C14H12N4O. The average Bonchev–Trinajstić information content (AvgIpc) is 3.04. The molecule has 0 spiro atoms. The van der Waals surface area contributed by atoms with Gasteiger partial charge in [-0.05, 0) is 24.0 Å². The normalized spacial score (nSPS) is 14.7. The van der Waals surface area contributed by atoms with Crippen LogP contribution in [0.15, 0.2) is 41.4 Å². The van der Waals surface area contributed by atoms with E-state index < -0.39 is 0 Å². The predicted molar refractivity (Wildman–Crippen MR) is 70.9 cm³/mol. The van der Waals surface area contributed by atoms with Gasteiger partial charge >= 0.3 is 0 Å². The molecular weight excluding hydrogens is 240 g/mol. The second-order valence-corrected chi connectivity index (χ2v) is 4.75. The number of rotatable bonds is 2. The summed E-state index contributed by atoms with van der Waals surface area (Å²) in [5.74, 6) is 0.747. The Morgan fingerprint density at radius 2 is 1.84 bits per heavy atom.